The number of carbonyl (C=O) groups excluding carboxylic acids is 2. The van der Waals surface area contributed by atoms with Crippen molar-refractivity contribution in [1.29, 1.82) is 0 Å². The lowest BCUT2D eigenvalue weighted by molar-refractivity contribution is -0.709. The molecule has 0 saturated heterocycles. The van der Waals surface area contributed by atoms with Crippen LogP contribution in [0.5, 0.6) is 5.88 Å². The average Bonchev–Trinajstić information content (AvgIpc) is 2.97. The van der Waals surface area contributed by atoms with Crippen molar-refractivity contribution in [1.82, 2.24) is 29.3 Å². The van der Waals surface area contributed by atoms with Crippen LogP contribution in [0, 0.1) is 0 Å². The molecule has 0 atom stereocenters. The van der Waals surface area contributed by atoms with Crippen LogP contribution in [-0.4, -0.2) is 41.2 Å². The second-order valence-corrected chi connectivity index (χ2v) is 7.23. The van der Waals surface area contributed by atoms with Crippen LogP contribution in [-0.2, 0) is 22.7 Å². The van der Waals surface area contributed by atoms with Gasteiger partial charge in [-0.05, 0) is 18.2 Å². The number of fused-ring (bicyclic) bond motifs is 1. The first-order chi connectivity index (χ1) is 18.6. The molecule has 38 heavy (non-hydrogen) atoms. The van der Waals surface area contributed by atoms with Crippen molar-refractivity contribution in [2.45, 2.75) is 13.1 Å². The van der Waals surface area contributed by atoms with Crippen molar-refractivity contribution in [3.8, 4) is 5.88 Å². The molecular formula is C26H20N8O4. The number of anilines is 1. The molecule has 188 valence electrons. The molecule has 0 saturated carbocycles. The molecule has 0 bridgehead atoms. The van der Waals surface area contributed by atoms with Gasteiger partial charge in [0, 0.05) is 54.7 Å². The van der Waals surface area contributed by atoms with E-state index >= 15 is 0 Å². The summed E-state index contributed by atoms with van der Waals surface area (Å²) >= 11 is 0. The quantitative estimate of drug-likeness (QED) is 0.199. The highest BCUT2D eigenvalue weighted by Gasteiger charge is 2.11. The highest BCUT2D eigenvalue weighted by atomic mass is 16.3. The first-order valence-electron chi connectivity index (χ1n) is 11.0. The maximum atomic E-state index is 12.0. The normalized spacial score (nSPS) is 9.37. The van der Waals surface area contributed by atoms with E-state index < -0.39 is 0 Å². The fraction of sp³-hybridized carbons (Fsp3) is 0.0769. The van der Waals surface area contributed by atoms with E-state index in [0.29, 0.717) is 18.7 Å². The number of rotatable bonds is 5. The standard InChI is InChI=1S/C13H10N4O2.C10H10N4.C3O2/c18-12-5-13(19)17(8-10-6-14-9-15-7-10)11-3-1-2-4-16(11)12;1-2-4-13-10(3-1)14-7-9-5-11-8-12-6-9;4-2-1-3-5/h1-7,9H,8H2;1-6,8H,7H2,(H,13,14);. The van der Waals surface area contributed by atoms with Gasteiger partial charge < -0.3 is 10.4 Å². The molecule has 0 spiro atoms. The number of nitrogens with zero attached hydrogens (tertiary/aromatic N) is 7. The molecule has 0 aliphatic heterocycles. The van der Waals surface area contributed by atoms with Crippen molar-refractivity contribution >= 4 is 23.3 Å². The molecule has 0 aliphatic rings. The summed E-state index contributed by atoms with van der Waals surface area (Å²) in [7, 11) is 0. The number of nitrogens with one attached hydrogen (secondary N) is 1. The van der Waals surface area contributed by atoms with E-state index in [2.05, 4.69) is 30.2 Å². The molecule has 12 nitrogen and oxygen atoms in total. The molecule has 5 aromatic rings. The molecule has 0 aliphatic carbocycles. The van der Waals surface area contributed by atoms with Gasteiger partial charge in [0.1, 0.15) is 25.0 Å². The van der Waals surface area contributed by atoms with Crippen molar-refractivity contribution in [2.75, 3.05) is 5.32 Å². The van der Waals surface area contributed by atoms with E-state index in [9.17, 15) is 9.90 Å². The molecule has 5 aromatic heterocycles. The Kier molecular flexibility index (Phi) is 10.3. The molecular weight excluding hydrogens is 488 g/mol. The zero-order valence-electron chi connectivity index (χ0n) is 19.8. The van der Waals surface area contributed by atoms with Gasteiger partial charge in [0.15, 0.2) is 11.9 Å². The van der Waals surface area contributed by atoms with E-state index in [1.807, 2.05) is 18.2 Å². The lowest BCUT2D eigenvalue weighted by atomic mass is 10.3. The lowest BCUT2D eigenvalue weighted by Crippen LogP contribution is -2.43. The zero-order chi connectivity index (χ0) is 27.0. The topological polar surface area (TPSA) is 159 Å². The maximum absolute atomic E-state index is 12.0. The summed E-state index contributed by atoms with van der Waals surface area (Å²) in [5.41, 5.74) is 3.55. The molecule has 5 rings (SSSR count). The first kappa shape index (κ1) is 26.8. The Morgan fingerprint density at radius 3 is 2.16 bits per heavy atom. The average molecular weight is 508 g/mol. The molecule has 0 fully saturated rings. The maximum Gasteiger partial charge on any atom is 0.341 e. The molecule has 0 aromatic carbocycles. The monoisotopic (exact) mass is 508 g/mol. The Hall–Kier alpha value is -5.79. The van der Waals surface area contributed by atoms with Gasteiger partial charge >= 0.3 is 5.56 Å². The Balaban J connectivity index is 0.000000185. The number of hydrogen-bond acceptors (Lipinski definition) is 10. The largest absolute Gasteiger partial charge is 0.842 e. The van der Waals surface area contributed by atoms with Gasteiger partial charge in [-0.3, -0.25) is 0 Å². The molecule has 5 heterocycles. The first-order valence-corrected chi connectivity index (χ1v) is 11.0. The van der Waals surface area contributed by atoms with Crippen LogP contribution in [0.15, 0.2) is 103 Å². The predicted octanol–water partition coefficient (Wildman–Crippen LogP) is 0.344. The second kappa shape index (κ2) is 14.6. The number of pyridine rings is 2. The third-order valence-electron chi connectivity index (χ3n) is 4.67. The minimum Gasteiger partial charge on any atom is -0.842 e. The van der Waals surface area contributed by atoms with E-state index in [1.54, 1.807) is 55.4 Å². The summed E-state index contributed by atoms with van der Waals surface area (Å²) in [4.78, 5) is 49.4. The van der Waals surface area contributed by atoms with Gasteiger partial charge in [0.25, 0.3) is 5.65 Å². The summed E-state index contributed by atoms with van der Waals surface area (Å²) in [5, 5.41) is 15.1. The van der Waals surface area contributed by atoms with Gasteiger partial charge in [-0.1, -0.05) is 12.1 Å². The van der Waals surface area contributed by atoms with E-state index in [1.165, 1.54) is 27.4 Å². The Morgan fingerprint density at radius 2 is 1.55 bits per heavy atom. The lowest BCUT2D eigenvalue weighted by Gasteiger charge is -2.11. The van der Waals surface area contributed by atoms with Gasteiger partial charge in [0.2, 0.25) is 0 Å². The highest BCUT2D eigenvalue weighted by molar-refractivity contribution is 5.59. The van der Waals surface area contributed by atoms with Gasteiger partial charge in [-0.25, -0.2) is 43.9 Å². The van der Waals surface area contributed by atoms with Crippen LogP contribution in [0.3, 0.4) is 0 Å². The second-order valence-electron chi connectivity index (χ2n) is 7.23. The number of hydrogen-bond donors (Lipinski definition) is 1. The molecule has 0 amide bonds. The Bertz CT molecular complexity index is 1560. The Labute approximate surface area is 216 Å². The van der Waals surface area contributed by atoms with Crippen LogP contribution in [0.25, 0.3) is 5.65 Å². The summed E-state index contributed by atoms with van der Waals surface area (Å²) in [5.74, 6) is 2.71. The van der Waals surface area contributed by atoms with E-state index in [-0.39, 0.29) is 11.4 Å². The number of aromatic nitrogens is 7. The van der Waals surface area contributed by atoms with Gasteiger partial charge in [-0.15, -0.1) is 0 Å². The Morgan fingerprint density at radius 1 is 0.895 bits per heavy atom. The molecule has 12 heteroatoms. The molecule has 0 radical (unpaired) electrons. The summed E-state index contributed by atoms with van der Waals surface area (Å²) in [6, 6.07) is 12.1. The van der Waals surface area contributed by atoms with Crippen LogP contribution in [0.2, 0.25) is 0 Å². The fourth-order valence-electron chi connectivity index (χ4n) is 3.06. The summed E-state index contributed by atoms with van der Waals surface area (Å²) in [6.07, 6.45) is 13.2. The van der Waals surface area contributed by atoms with Crippen LogP contribution >= 0.6 is 0 Å². The third-order valence-corrected chi connectivity index (χ3v) is 4.67. The van der Waals surface area contributed by atoms with E-state index in [4.69, 9.17) is 9.59 Å². The van der Waals surface area contributed by atoms with Crippen molar-refractivity contribution in [3.63, 3.8) is 0 Å². The predicted molar refractivity (Wildman–Crippen MR) is 133 cm³/mol. The molecule has 1 N–H and O–H groups in total. The fourth-order valence-corrected chi connectivity index (χ4v) is 3.06. The highest BCUT2D eigenvalue weighted by Crippen LogP contribution is 2.03. The van der Waals surface area contributed by atoms with Gasteiger partial charge in [-0.2, -0.15) is 4.40 Å². The van der Waals surface area contributed by atoms with Crippen LogP contribution in [0.1, 0.15) is 11.1 Å². The summed E-state index contributed by atoms with van der Waals surface area (Å²) in [6.45, 7) is 1.02. The van der Waals surface area contributed by atoms with Crippen molar-refractivity contribution in [3.05, 3.63) is 120 Å². The summed E-state index contributed by atoms with van der Waals surface area (Å²) < 4.78 is 2.95. The smallest absolute Gasteiger partial charge is 0.341 e. The minimum absolute atomic E-state index is 0.327. The minimum atomic E-state index is -0.333. The van der Waals surface area contributed by atoms with Crippen LogP contribution in [0.4, 0.5) is 5.82 Å². The van der Waals surface area contributed by atoms with Crippen molar-refractivity contribution in [2.24, 2.45) is 0 Å². The van der Waals surface area contributed by atoms with Crippen molar-refractivity contribution < 1.29 is 19.3 Å². The molecule has 0 unspecified atom stereocenters. The SMILES string of the molecule is O=C=C=C=O.O=c1cc([O-])[n+](Cc2cncnc2)c2ccccn12.c1ccc(NCc2cncnc2)nc1. The van der Waals surface area contributed by atoms with Gasteiger partial charge in [0.05, 0.1) is 23.9 Å². The third kappa shape index (κ3) is 8.16. The van der Waals surface area contributed by atoms with Crippen LogP contribution < -0.4 is 20.5 Å². The zero-order valence-corrected chi connectivity index (χ0v) is 19.8. The van der Waals surface area contributed by atoms with E-state index in [0.717, 1.165) is 34.9 Å².